The monoisotopic (exact) mass is 781 g/mol. The summed E-state index contributed by atoms with van der Waals surface area (Å²) < 4.78 is 32.6. The van der Waals surface area contributed by atoms with Gasteiger partial charge in [0.05, 0.1) is 13.2 Å². The summed E-state index contributed by atoms with van der Waals surface area (Å²) in [5.41, 5.74) is 5.32. The Labute approximate surface area is 326 Å². The molecular weight excluding hydrogens is 709 g/mol. The number of phosphoric acid groups is 1. The molecule has 3 atom stereocenters. The molecule has 11 nitrogen and oxygen atoms in total. The minimum absolute atomic E-state index is 0.142. The van der Waals surface area contributed by atoms with Crippen LogP contribution in [0.3, 0.4) is 0 Å². The molecule has 310 valence electrons. The van der Waals surface area contributed by atoms with E-state index in [4.69, 9.17) is 24.8 Å². The van der Waals surface area contributed by atoms with Gasteiger partial charge in [0.1, 0.15) is 12.6 Å². The number of carboxylic acid groups (broad SMARTS) is 1. The van der Waals surface area contributed by atoms with Crippen molar-refractivity contribution in [1.82, 2.24) is 0 Å². The van der Waals surface area contributed by atoms with Gasteiger partial charge >= 0.3 is 25.7 Å². The average Bonchev–Trinajstić information content (AvgIpc) is 3.14. The van der Waals surface area contributed by atoms with Crippen LogP contribution in [0.15, 0.2) is 60.8 Å². The average molecular weight is 782 g/mol. The number of rotatable bonds is 37. The van der Waals surface area contributed by atoms with E-state index in [0.717, 1.165) is 51.4 Å². The van der Waals surface area contributed by atoms with E-state index in [9.17, 15) is 23.8 Å². The Kier molecular flexibility index (Phi) is 35.2. The van der Waals surface area contributed by atoms with Gasteiger partial charge < -0.3 is 25.2 Å². The largest absolute Gasteiger partial charge is 0.480 e. The van der Waals surface area contributed by atoms with Gasteiger partial charge in [0.25, 0.3) is 0 Å². The van der Waals surface area contributed by atoms with E-state index >= 15 is 0 Å². The van der Waals surface area contributed by atoms with E-state index < -0.39 is 51.1 Å². The maximum Gasteiger partial charge on any atom is 0.472 e. The Morgan fingerprint density at radius 2 is 1.04 bits per heavy atom. The molecule has 0 aromatic carbocycles. The first-order valence-electron chi connectivity index (χ1n) is 20.3. The predicted molar refractivity (Wildman–Crippen MR) is 217 cm³/mol. The van der Waals surface area contributed by atoms with E-state index in [-0.39, 0.29) is 19.4 Å². The zero-order valence-electron chi connectivity index (χ0n) is 33.3. The molecule has 0 aliphatic carbocycles. The van der Waals surface area contributed by atoms with Crippen LogP contribution in [0.1, 0.15) is 155 Å². The number of phosphoric ester groups is 1. The van der Waals surface area contributed by atoms with Gasteiger partial charge in [-0.25, -0.2) is 4.57 Å². The van der Waals surface area contributed by atoms with Crippen molar-refractivity contribution in [3.8, 4) is 0 Å². The third-order valence-electron chi connectivity index (χ3n) is 8.28. The lowest BCUT2D eigenvalue weighted by molar-refractivity contribution is -0.161. The van der Waals surface area contributed by atoms with Crippen molar-refractivity contribution in [3.63, 3.8) is 0 Å². The van der Waals surface area contributed by atoms with Gasteiger partial charge in [0.2, 0.25) is 0 Å². The number of carboxylic acids is 1. The van der Waals surface area contributed by atoms with Gasteiger partial charge in [-0.15, -0.1) is 0 Å². The quantitative estimate of drug-likeness (QED) is 0.0237. The molecule has 0 aliphatic heterocycles. The molecule has 0 saturated carbocycles. The fourth-order valence-electron chi connectivity index (χ4n) is 5.10. The lowest BCUT2D eigenvalue weighted by Crippen LogP contribution is -2.34. The van der Waals surface area contributed by atoms with E-state index in [1.807, 2.05) is 12.2 Å². The smallest absolute Gasteiger partial charge is 0.472 e. The molecule has 0 heterocycles. The van der Waals surface area contributed by atoms with Gasteiger partial charge in [-0.3, -0.25) is 23.4 Å². The Bertz CT molecular complexity index is 1150. The standard InChI is InChI=1S/C42H72NO10P/c1-3-5-7-9-11-13-15-17-18-19-20-22-23-25-27-29-31-33-40(44)50-35-38(36-51-54(48,49)52-37-39(43)42(46)47)53-41(45)34-32-30-28-26-24-21-16-14-12-10-8-6-4-2/h5,7,11,13,17-18,20,22,25,27,38-39H,3-4,6,8-10,12,14-16,19,21,23-24,26,28-37,43H2,1-2H3,(H,46,47)(H,48,49)/b7-5-,13-11-,18-17-,22-20-,27-25-/t38-,39+/m1/s1. The maximum absolute atomic E-state index is 12.6. The Morgan fingerprint density at radius 3 is 1.54 bits per heavy atom. The van der Waals surface area contributed by atoms with Gasteiger partial charge in [-0.05, 0) is 51.4 Å². The number of nitrogens with two attached hydrogens (primary N) is 1. The fraction of sp³-hybridized carbons (Fsp3) is 0.690. The Hall–Kier alpha value is -2.82. The summed E-state index contributed by atoms with van der Waals surface area (Å²) in [6.45, 7) is 2.61. The first-order chi connectivity index (χ1) is 26.1. The van der Waals surface area contributed by atoms with Gasteiger partial charge in [0, 0.05) is 12.8 Å². The molecule has 0 rings (SSSR count). The van der Waals surface area contributed by atoms with Crippen molar-refractivity contribution in [1.29, 1.82) is 0 Å². The Balaban J connectivity index is 4.50. The fourth-order valence-corrected chi connectivity index (χ4v) is 5.88. The van der Waals surface area contributed by atoms with Crippen molar-refractivity contribution in [2.75, 3.05) is 19.8 Å². The third-order valence-corrected chi connectivity index (χ3v) is 9.23. The number of carbonyl (C=O) groups is 3. The van der Waals surface area contributed by atoms with Crippen LogP contribution in [-0.2, 0) is 37.5 Å². The van der Waals surface area contributed by atoms with Gasteiger partial charge in [0.15, 0.2) is 6.10 Å². The van der Waals surface area contributed by atoms with Crippen molar-refractivity contribution in [2.45, 2.75) is 167 Å². The number of hydrogen-bond acceptors (Lipinski definition) is 9. The topological polar surface area (TPSA) is 172 Å². The number of hydrogen-bond donors (Lipinski definition) is 3. The van der Waals surface area contributed by atoms with Crippen LogP contribution in [-0.4, -0.2) is 59.9 Å². The summed E-state index contributed by atoms with van der Waals surface area (Å²) in [7, 11) is -4.73. The summed E-state index contributed by atoms with van der Waals surface area (Å²) in [5, 5.41) is 8.87. The summed E-state index contributed by atoms with van der Waals surface area (Å²) in [6, 6.07) is -1.53. The Morgan fingerprint density at radius 1 is 0.593 bits per heavy atom. The first kappa shape index (κ1) is 51.2. The van der Waals surface area contributed by atoms with Gasteiger partial charge in [-0.1, -0.05) is 152 Å². The number of unbranched alkanes of at least 4 members (excludes halogenated alkanes) is 13. The SMILES string of the molecule is CC/C=C\C/C=C\C/C=C\C/C=C\C/C=C\CCCC(=O)OC[C@H](COP(=O)(O)OC[C@H](N)C(=O)O)OC(=O)CCCCCCCCCCCCCCC. The maximum atomic E-state index is 12.6. The number of ether oxygens (including phenoxy) is 2. The molecule has 54 heavy (non-hydrogen) atoms. The number of allylic oxidation sites excluding steroid dienone is 10. The highest BCUT2D eigenvalue weighted by Gasteiger charge is 2.28. The molecule has 0 aliphatic rings. The van der Waals surface area contributed by atoms with Crippen LogP contribution in [0.2, 0.25) is 0 Å². The van der Waals surface area contributed by atoms with Crippen LogP contribution in [0.5, 0.6) is 0 Å². The molecular formula is C42H72NO10P. The number of carbonyl (C=O) groups excluding carboxylic acids is 2. The lowest BCUT2D eigenvalue weighted by Gasteiger charge is -2.20. The van der Waals surface area contributed by atoms with Crippen molar-refractivity contribution in [2.24, 2.45) is 5.73 Å². The van der Waals surface area contributed by atoms with E-state index in [1.54, 1.807) is 0 Å². The van der Waals surface area contributed by atoms with Crippen LogP contribution >= 0.6 is 7.82 Å². The highest BCUT2D eigenvalue weighted by Crippen LogP contribution is 2.43. The van der Waals surface area contributed by atoms with E-state index in [2.05, 4.69) is 67.0 Å². The van der Waals surface area contributed by atoms with Crippen molar-refractivity contribution in [3.05, 3.63) is 60.8 Å². The predicted octanol–water partition coefficient (Wildman–Crippen LogP) is 10.4. The normalized spacial score (nSPS) is 14.4. The molecule has 1 unspecified atom stereocenters. The molecule has 0 aromatic heterocycles. The van der Waals surface area contributed by atoms with Crippen LogP contribution in [0, 0.1) is 0 Å². The first-order valence-corrected chi connectivity index (χ1v) is 21.8. The third kappa shape index (κ3) is 36.2. The zero-order valence-corrected chi connectivity index (χ0v) is 34.2. The molecule has 0 fully saturated rings. The molecule has 0 radical (unpaired) electrons. The number of aliphatic carboxylic acids is 1. The summed E-state index contributed by atoms with van der Waals surface area (Å²) in [4.78, 5) is 45.8. The molecule has 4 N–H and O–H groups in total. The molecule has 0 aromatic rings. The minimum atomic E-state index is -4.73. The molecule has 0 spiro atoms. The molecule has 0 bridgehead atoms. The molecule has 0 amide bonds. The van der Waals surface area contributed by atoms with E-state index in [1.165, 1.54) is 57.8 Å². The lowest BCUT2D eigenvalue weighted by atomic mass is 10.0. The number of esters is 2. The second-order valence-corrected chi connectivity index (χ2v) is 14.8. The highest BCUT2D eigenvalue weighted by atomic mass is 31.2. The minimum Gasteiger partial charge on any atom is -0.480 e. The van der Waals surface area contributed by atoms with Crippen molar-refractivity contribution < 1.29 is 47.5 Å². The van der Waals surface area contributed by atoms with Crippen LogP contribution in [0.4, 0.5) is 0 Å². The second kappa shape index (κ2) is 37.1. The molecule has 12 heteroatoms. The summed E-state index contributed by atoms with van der Waals surface area (Å²) in [5.74, 6) is -2.46. The van der Waals surface area contributed by atoms with Crippen LogP contribution < -0.4 is 5.73 Å². The van der Waals surface area contributed by atoms with Gasteiger partial charge in [-0.2, -0.15) is 0 Å². The highest BCUT2D eigenvalue weighted by molar-refractivity contribution is 7.47. The van der Waals surface area contributed by atoms with Crippen LogP contribution in [0.25, 0.3) is 0 Å². The van der Waals surface area contributed by atoms with E-state index in [0.29, 0.717) is 19.3 Å². The molecule has 0 saturated heterocycles. The second-order valence-electron chi connectivity index (χ2n) is 13.4. The van der Waals surface area contributed by atoms with Crippen molar-refractivity contribution >= 4 is 25.7 Å². The zero-order chi connectivity index (χ0) is 40.0. The summed E-state index contributed by atoms with van der Waals surface area (Å²) >= 11 is 0. The summed E-state index contributed by atoms with van der Waals surface area (Å²) in [6.07, 6.45) is 41.5.